The minimum Gasteiger partial charge on any atom is -0.306 e. The third kappa shape index (κ3) is 3.46. The SMILES string of the molecule is O=C1c2ccccc2C(=O)N1c1c(S(=O)(=O)Nc2cccnc2)c2nccnc2n1C1CCCCC1. The lowest BCUT2D eigenvalue weighted by molar-refractivity contribution is 0.0922. The van der Waals surface area contributed by atoms with Gasteiger partial charge in [-0.3, -0.25) is 19.3 Å². The Kier molecular flexibility index (Phi) is 5.29. The predicted molar refractivity (Wildman–Crippen MR) is 132 cm³/mol. The molecule has 1 aliphatic heterocycles. The van der Waals surface area contributed by atoms with E-state index in [-0.39, 0.29) is 39.1 Å². The van der Waals surface area contributed by atoms with Gasteiger partial charge >= 0.3 is 0 Å². The molecule has 11 heteroatoms. The molecule has 3 aromatic heterocycles. The topological polar surface area (TPSA) is 127 Å². The number of anilines is 2. The second-order valence-electron chi connectivity index (χ2n) is 8.88. The van der Waals surface area contributed by atoms with Crippen molar-refractivity contribution in [1.82, 2.24) is 19.5 Å². The second-order valence-corrected chi connectivity index (χ2v) is 10.5. The molecule has 0 atom stereocenters. The average molecular weight is 503 g/mol. The van der Waals surface area contributed by atoms with Crippen LogP contribution in [-0.2, 0) is 10.0 Å². The zero-order valence-electron chi connectivity index (χ0n) is 19.2. The van der Waals surface area contributed by atoms with Crippen molar-refractivity contribution in [2.75, 3.05) is 9.62 Å². The summed E-state index contributed by atoms with van der Waals surface area (Å²) in [6.45, 7) is 0. The first-order valence-corrected chi connectivity index (χ1v) is 13.2. The van der Waals surface area contributed by atoms with E-state index in [0.717, 1.165) is 37.0 Å². The minimum atomic E-state index is -4.32. The van der Waals surface area contributed by atoms with Crippen LogP contribution in [0, 0.1) is 0 Å². The lowest BCUT2D eigenvalue weighted by atomic mass is 9.95. The van der Waals surface area contributed by atoms with Gasteiger partial charge in [0.25, 0.3) is 21.8 Å². The summed E-state index contributed by atoms with van der Waals surface area (Å²) >= 11 is 0. The van der Waals surface area contributed by atoms with Crippen LogP contribution in [0.15, 0.2) is 66.1 Å². The van der Waals surface area contributed by atoms with Crippen LogP contribution in [0.4, 0.5) is 11.5 Å². The first-order valence-electron chi connectivity index (χ1n) is 11.7. The molecule has 10 nitrogen and oxygen atoms in total. The van der Waals surface area contributed by atoms with E-state index in [0.29, 0.717) is 5.65 Å². The maximum Gasteiger partial charge on any atom is 0.267 e. The Morgan fingerprint density at radius 1 is 0.861 bits per heavy atom. The Labute approximate surface area is 207 Å². The molecule has 2 amide bonds. The number of nitrogens with one attached hydrogen (secondary N) is 1. The fourth-order valence-corrected chi connectivity index (χ4v) is 6.50. The molecule has 182 valence electrons. The molecular weight excluding hydrogens is 480 g/mol. The number of imide groups is 1. The van der Waals surface area contributed by atoms with E-state index in [1.165, 1.54) is 24.8 Å². The number of pyridine rings is 1. The third-order valence-electron chi connectivity index (χ3n) is 6.68. The summed E-state index contributed by atoms with van der Waals surface area (Å²) in [5.74, 6) is -1.17. The highest BCUT2D eigenvalue weighted by Crippen LogP contribution is 2.44. The number of carbonyl (C=O) groups excluding carboxylic acids is 2. The van der Waals surface area contributed by atoms with Gasteiger partial charge in [-0.05, 0) is 37.1 Å². The molecule has 4 aromatic rings. The number of benzene rings is 1. The van der Waals surface area contributed by atoms with Gasteiger partial charge in [-0.1, -0.05) is 31.4 Å². The molecule has 36 heavy (non-hydrogen) atoms. The summed E-state index contributed by atoms with van der Waals surface area (Å²) in [6, 6.07) is 9.53. The average Bonchev–Trinajstić information content (AvgIpc) is 3.37. The first kappa shape index (κ1) is 22.4. The Hall–Kier alpha value is -4.12. The smallest absolute Gasteiger partial charge is 0.267 e. The third-order valence-corrected chi connectivity index (χ3v) is 8.10. The van der Waals surface area contributed by atoms with Crippen LogP contribution < -0.4 is 9.62 Å². The fourth-order valence-electron chi connectivity index (χ4n) is 5.14. The predicted octanol–water partition coefficient (Wildman–Crippen LogP) is 3.93. The number of sulfonamides is 1. The van der Waals surface area contributed by atoms with Crippen LogP contribution in [0.5, 0.6) is 0 Å². The van der Waals surface area contributed by atoms with Crippen molar-refractivity contribution in [3.05, 3.63) is 72.3 Å². The normalized spacial score (nSPS) is 16.5. The van der Waals surface area contributed by atoms with Crippen molar-refractivity contribution >= 4 is 44.5 Å². The van der Waals surface area contributed by atoms with Gasteiger partial charge in [-0.25, -0.2) is 23.3 Å². The lowest BCUT2D eigenvalue weighted by Gasteiger charge is -2.28. The molecule has 1 N–H and O–H groups in total. The zero-order valence-corrected chi connectivity index (χ0v) is 20.0. The lowest BCUT2D eigenvalue weighted by Crippen LogP contribution is -2.34. The van der Waals surface area contributed by atoms with E-state index in [1.807, 2.05) is 0 Å². The van der Waals surface area contributed by atoms with Gasteiger partial charge in [0.2, 0.25) is 0 Å². The molecule has 0 radical (unpaired) electrons. The van der Waals surface area contributed by atoms with Crippen LogP contribution in [0.3, 0.4) is 0 Å². The van der Waals surface area contributed by atoms with E-state index in [1.54, 1.807) is 41.0 Å². The highest BCUT2D eigenvalue weighted by atomic mass is 32.2. The van der Waals surface area contributed by atoms with Crippen molar-refractivity contribution in [2.24, 2.45) is 0 Å². The molecule has 1 saturated carbocycles. The number of fused-ring (bicyclic) bond motifs is 2. The monoisotopic (exact) mass is 502 g/mol. The Morgan fingerprint density at radius 3 is 2.22 bits per heavy atom. The van der Waals surface area contributed by atoms with Crippen molar-refractivity contribution in [3.63, 3.8) is 0 Å². The van der Waals surface area contributed by atoms with Gasteiger partial charge in [0.15, 0.2) is 10.5 Å². The summed E-state index contributed by atoms with van der Waals surface area (Å²) in [4.78, 5) is 40.7. The number of hydrogen-bond acceptors (Lipinski definition) is 7. The summed E-state index contributed by atoms with van der Waals surface area (Å²) < 4.78 is 32.1. The van der Waals surface area contributed by atoms with E-state index in [4.69, 9.17) is 0 Å². The van der Waals surface area contributed by atoms with E-state index in [2.05, 4.69) is 19.7 Å². The molecule has 4 heterocycles. The van der Waals surface area contributed by atoms with Crippen LogP contribution in [0.1, 0.15) is 58.9 Å². The molecule has 1 fully saturated rings. The van der Waals surface area contributed by atoms with Crippen molar-refractivity contribution < 1.29 is 18.0 Å². The quantitative estimate of drug-likeness (QED) is 0.410. The second kappa shape index (κ2) is 8.52. The number of amides is 2. The van der Waals surface area contributed by atoms with Gasteiger partial charge in [-0.15, -0.1) is 0 Å². The molecule has 0 spiro atoms. The molecule has 0 bridgehead atoms. The molecule has 0 unspecified atom stereocenters. The minimum absolute atomic E-state index is 0.0225. The zero-order chi connectivity index (χ0) is 24.9. The summed E-state index contributed by atoms with van der Waals surface area (Å²) in [6.07, 6.45) is 10.3. The highest BCUT2D eigenvalue weighted by Gasteiger charge is 2.44. The van der Waals surface area contributed by atoms with E-state index >= 15 is 0 Å². The standard InChI is InChI=1S/C25H22N6O4S/c32-24-18-10-4-5-11-19(18)25(33)31(24)23-21(36(34,35)29-16-7-6-12-26-15-16)20-22(28-14-13-27-20)30(23)17-8-2-1-3-9-17/h4-7,10-15,17,29H,1-3,8-9H2. The maximum atomic E-state index is 13.9. The molecule has 1 aliphatic carbocycles. The van der Waals surface area contributed by atoms with E-state index < -0.39 is 21.8 Å². The molecule has 2 aliphatic rings. The summed E-state index contributed by atoms with van der Waals surface area (Å²) in [5, 5.41) is 0. The maximum absolute atomic E-state index is 13.9. The number of carbonyl (C=O) groups is 2. The van der Waals surface area contributed by atoms with Crippen LogP contribution >= 0.6 is 0 Å². The van der Waals surface area contributed by atoms with E-state index in [9.17, 15) is 18.0 Å². The molecule has 1 aromatic carbocycles. The van der Waals surface area contributed by atoms with Crippen molar-refractivity contribution in [2.45, 2.75) is 43.0 Å². The van der Waals surface area contributed by atoms with Crippen molar-refractivity contribution in [3.8, 4) is 0 Å². The number of rotatable bonds is 5. The Morgan fingerprint density at radius 2 is 1.56 bits per heavy atom. The summed E-state index contributed by atoms with van der Waals surface area (Å²) in [7, 11) is -4.32. The molecule has 6 rings (SSSR count). The largest absolute Gasteiger partial charge is 0.306 e. The number of nitrogens with zero attached hydrogens (tertiary/aromatic N) is 5. The molecule has 0 saturated heterocycles. The van der Waals surface area contributed by atoms with Crippen LogP contribution in [-0.4, -0.2) is 39.8 Å². The van der Waals surface area contributed by atoms with Gasteiger partial charge in [0.05, 0.1) is 23.0 Å². The van der Waals surface area contributed by atoms with Gasteiger partial charge in [-0.2, -0.15) is 0 Å². The first-order chi connectivity index (χ1) is 17.5. The number of hydrogen-bond donors (Lipinski definition) is 1. The Balaban J connectivity index is 1.64. The number of aromatic nitrogens is 4. The van der Waals surface area contributed by atoms with Gasteiger partial charge < -0.3 is 4.57 Å². The van der Waals surface area contributed by atoms with Gasteiger partial charge in [0, 0.05) is 24.6 Å². The van der Waals surface area contributed by atoms with Crippen LogP contribution in [0.2, 0.25) is 0 Å². The fraction of sp³-hybridized carbons (Fsp3) is 0.240. The summed E-state index contributed by atoms with van der Waals surface area (Å²) in [5.41, 5.74) is 1.13. The Bertz CT molecular complexity index is 1580. The van der Waals surface area contributed by atoms with Gasteiger partial charge in [0.1, 0.15) is 11.3 Å². The molecular formula is C25H22N6O4S. The van der Waals surface area contributed by atoms with Crippen LogP contribution in [0.25, 0.3) is 11.2 Å². The highest BCUT2D eigenvalue weighted by molar-refractivity contribution is 7.93. The van der Waals surface area contributed by atoms with Crippen molar-refractivity contribution in [1.29, 1.82) is 0 Å².